The van der Waals surface area contributed by atoms with Crippen molar-refractivity contribution in [3.8, 4) is 5.75 Å². The SMILES string of the molecule is O=C(Oc1ccc2ccc(=O)oc2c1)C(O)CO. The molecule has 1 heterocycles. The number of esters is 1. The number of aliphatic hydroxyl groups is 2. The summed E-state index contributed by atoms with van der Waals surface area (Å²) in [6.07, 6.45) is -1.59. The van der Waals surface area contributed by atoms with Gasteiger partial charge in [-0.15, -0.1) is 0 Å². The first-order chi connectivity index (χ1) is 8.60. The molecular weight excluding hydrogens is 240 g/mol. The van der Waals surface area contributed by atoms with Crippen LogP contribution in [-0.4, -0.2) is 28.9 Å². The standard InChI is InChI=1S/C12H10O6/c13-6-9(14)12(16)17-8-3-1-7-2-4-11(15)18-10(7)5-8/h1-5,9,13-14H,6H2. The highest BCUT2D eigenvalue weighted by Gasteiger charge is 2.16. The van der Waals surface area contributed by atoms with E-state index < -0.39 is 24.3 Å². The Morgan fingerprint density at radius 1 is 1.33 bits per heavy atom. The molecular formula is C12H10O6. The second kappa shape index (κ2) is 4.99. The van der Waals surface area contributed by atoms with Crippen LogP contribution in [0.2, 0.25) is 0 Å². The molecule has 0 bridgehead atoms. The first-order valence-corrected chi connectivity index (χ1v) is 5.14. The molecule has 2 aromatic rings. The third kappa shape index (κ3) is 2.55. The van der Waals surface area contributed by atoms with E-state index in [1.165, 1.54) is 18.2 Å². The minimum Gasteiger partial charge on any atom is -0.424 e. The van der Waals surface area contributed by atoms with Crippen molar-refractivity contribution in [2.45, 2.75) is 6.10 Å². The molecule has 6 nitrogen and oxygen atoms in total. The minimum atomic E-state index is -1.59. The van der Waals surface area contributed by atoms with E-state index in [1.54, 1.807) is 12.1 Å². The van der Waals surface area contributed by atoms with E-state index in [4.69, 9.17) is 19.4 Å². The molecule has 0 aliphatic rings. The lowest BCUT2D eigenvalue weighted by Crippen LogP contribution is -2.28. The molecule has 0 aliphatic heterocycles. The number of hydrogen-bond donors (Lipinski definition) is 2. The normalized spacial score (nSPS) is 12.3. The lowest BCUT2D eigenvalue weighted by molar-refractivity contribution is -0.145. The smallest absolute Gasteiger partial charge is 0.342 e. The van der Waals surface area contributed by atoms with Crippen molar-refractivity contribution >= 4 is 16.9 Å². The molecule has 1 unspecified atom stereocenters. The van der Waals surface area contributed by atoms with Crippen LogP contribution < -0.4 is 10.4 Å². The maximum absolute atomic E-state index is 11.2. The van der Waals surface area contributed by atoms with Crippen LogP contribution >= 0.6 is 0 Å². The van der Waals surface area contributed by atoms with Gasteiger partial charge in [0.25, 0.3) is 0 Å². The van der Waals surface area contributed by atoms with Gasteiger partial charge in [-0.3, -0.25) is 0 Å². The predicted octanol–water partition coefficient (Wildman–Crippen LogP) is 0.0516. The molecule has 1 atom stereocenters. The molecule has 2 N–H and O–H groups in total. The van der Waals surface area contributed by atoms with E-state index in [2.05, 4.69) is 0 Å². The molecule has 0 fully saturated rings. The number of rotatable bonds is 3. The van der Waals surface area contributed by atoms with E-state index in [-0.39, 0.29) is 11.3 Å². The highest BCUT2D eigenvalue weighted by atomic mass is 16.6. The van der Waals surface area contributed by atoms with Gasteiger partial charge in [0.1, 0.15) is 11.3 Å². The molecule has 2 rings (SSSR count). The van der Waals surface area contributed by atoms with Crippen LogP contribution in [0.1, 0.15) is 0 Å². The third-order valence-corrected chi connectivity index (χ3v) is 2.26. The second-order valence-corrected chi connectivity index (χ2v) is 3.57. The molecule has 0 aliphatic carbocycles. The van der Waals surface area contributed by atoms with Gasteiger partial charge in [0.05, 0.1) is 6.61 Å². The summed E-state index contributed by atoms with van der Waals surface area (Å²) in [6, 6.07) is 7.31. The molecule has 1 aromatic heterocycles. The van der Waals surface area contributed by atoms with Gasteiger partial charge in [-0.1, -0.05) is 0 Å². The third-order valence-electron chi connectivity index (χ3n) is 2.26. The van der Waals surface area contributed by atoms with Crippen LogP contribution in [0.15, 0.2) is 39.5 Å². The topological polar surface area (TPSA) is 97.0 Å². The van der Waals surface area contributed by atoms with Gasteiger partial charge in [-0.05, 0) is 18.2 Å². The van der Waals surface area contributed by atoms with E-state index in [9.17, 15) is 9.59 Å². The fraction of sp³-hybridized carbons (Fsp3) is 0.167. The summed E-state index contributed by atoms with van der Waals surface area (Å²) in [4.78, 5) is 22.2. The van der Waals surface area contributed by atoms with E-state index in [0.717, 1.165) is 0 Å². The zero-order chi connectivity index (χ0) is 13.1. The summed E-state index contributed by atoms with van der Waals surface area (Å²) in [5.41, 5.74) is -0.243. The zero-order valence-electron chi connectivity index (χ0n) is 9.20. The molecule has 1 aromatic carbocycles. The van der Waals surface area contributed by atoms with Crippen LogP contribution in [0, 0.1) is 0 Å². The summed E-state index contributed by atoms with van der Waals surface area (Å²) < 4.78 is 9.72. The Kier molecular flexibility index (Phi) is 3.40. The van der Waals surface area contributed by atoms with Crippen LogP contribution in [0.4, 0.5) is 0 Å². The molecule has 0 spiro atoms. The summed E-state index contributed by atoms with van der Waals surface area (Å²) in [5.74, 6) is -0.857. The molecule has 94 valence electrons. The summed E-state index contributed by atoms with van der Waals surface area (Å²) in [5, 5.41) is 18.3. The summed E-state index contributed by atoms with van der Waals surface area (Å²) in [6.45, 7) is -0.721. The molecule has 6 heteroatoms. The van der Waals surface area contributed by atoms with Crippen molar-refractivity contribution in [3.05, 3.63) is 40.8 Å². The largest absolute Gasteiger partial charge is 0.424 e. The maximum atomic E-state index is 11.2. The number of hydrogen-bond acceptors (Lipinski definition) is 6. The summed E-state index contributed by atoms with van der Waals surface area (Å²) >= 11 is 0. The van der Waals surface area contributed by atoms with Crippen LogP contribution in [-0.2, 0) is 4.79 Å². The van der Waals surface area contributed by atoms with Gasteiger partial charge < -0.3 is 19.4 Å². The van der Waals surface area contributed by atoms with Crippen molar-refractivity contribution in [1.29, 1.82) is 0 Å². The first-order valence-electron chi connectivity index (χ1n) is 5.14. The van der Waals surface area contributed by atoms with E-state index in [0.29, 0.717) is 5.39 Å². The number of ether oxygens (including phenoxy) is 1. The quantitative estimate of drug-likeness (QED) is 0.454. The van der Waals surface area contributed by atoms with Crippen molar-refractivity contribution in [2.75, 3.05) is 6.61 Å². The molecule has 0 amide bonds. The van der Waals surface area contributed by atoms with E-state index in [1.807, 2.05) is 0 Å². The lowest BCUT2D eigenvalue weighted by atomic mass is 10.2. The van der Waals surface area contributed by atoms with Crippen molar-refractivity contribution in [2.24, 2.45) is 0 Å². The molecule has 0 saturated carbocycles. The van der Waals surface area contributed by atoms with Crippen molar-refractivity contribution in [3.63, 3.8) is 0 Å². The highest BCUT2D eigenvalue weighted by Crippen LogP contribution is 2.19. The Labute approximate surface area is 101 Å². The Morgan fingerprint density at radius 3 is 2.78 bits per heavy atom. The number of carbonyl (C=O) groups is 1. The summed E-state index contributed by atoms with van der Waals surface area (Å²) in [7, 11) is 0. The van der Waals surface area contributed by atoms with Gasteiger partial charge in [0, 0.05) is 17.5 Å². The van der Waals surface area contributed by atoms with Crippen LogP contribution in [0.25, 0.3) is 11.0 Å². The monoisotopic (exact) mass is 250 g/mol. The Bertz CT molecular complexity index is 630. The van der Waals surface area contributed by atoms with Gasteiger partial charge >= 0.3 is 11.6 Å². The van der Waals surface area contributed by atoms with Crippen LogP contribution in [0.5, 0.6) is 5.75 Å². The molecule has 0 radical (unpaired) electrons. The van der Waals surface area contributed by atoms with Gasteiger partial charge in [-0.2, -0.15) is 0 Å². The molecule has 18 heavy (non-hydrogen) atoms. The number of aliphatic hydroxyl groups excluding tert-OH is 2. The van der Waals surface area contributed by atoms with Crippen molar-refractivity contribution in [1.82, 2.24) is 0 Å². The fourth-order valence-electron chi connectivity index (χ4n) is 1.36. The average Bonchev–Trinajstić information content (AvgIpc) is 2.37. The highest BCUT2D eigenvalue weighted by molar-refractivity contribution is 5.81. The number of fused-ring (bicyclic) bond motifs is 1. The second-order valence-electron chi connectivity index (χ2n) is 3.57. The fourth-order valence-corrected chi connectivity index (χ4v) is 1.36. The van der Waals surface area contributed by atoms with Gasteiger partial charge in [0.2, 0.25) is 0 Å². The lowest BCUT2D eigenvalue weighted by Gasteiger charge is -2.07. The molecule has 0 saturated heterocycles. The first kappa shape index (κ1) is 12.3. The van der Waals surface area contributed by atoms with Crippen molar-refractivity contribution < 1.29 is 24.2 Å². The van der Waals surface area contributed by atoms with Gasteiger partial charge in [0.15, 0.2) is 6.10 Å². The van der Waals surface area contributed by atoms with Gasteiger partial charge in [-0.25, -0.2) is 9.59 Å². The minimum absolute atomic E-state index is 0.120. The maximum Gasteiger partial charge on any atom is 0.342 e. The zero-order valence-corrected chi connectivity index (χ0v) is 9.20. The average molecular weight is 250 g/mol. The Balaban J connectivity index is 2.30. The number of carbonyl (C=O) groups excluding carboxylic acids is 1. The predicted molar refractivity (Wildman–Crippen MR) is 61.2 cm³/mol. The number of benzene rings is 1. The Hall–Kier alpha value is -2.18. The Morgan fingerprint density at radius 2 is 2.06 bits per heavy atom. The van der Waals surface area contributed by atoms with Crippen LogP contribution in [0.3, 0.4) is 0 Å². The van der Waals surface area contributed by atoms with E-state index >= 15 is 0 Å².